The number of aliphatic hydroxyl groups excluding tert-OH is 1. The number of aliphatic hydroxyl groups is 1. The number of hydrogen-bond donors (Lipinski definition) is 1. The molecule has 2 rings (SSSR count). The molecular formula is C14H24N2O. The van der Waals surface area contributed by atoms with Crippen LogP contribution >= 0.6 is 0 Å². The summed E-state index contributed by atoms with van der Waals surface area (Å²) in [4.78, 5) is 0. The third kappa shape index (κ3) is 2.71. The molecule has 17 heavy (non-hydrogen) atoms. The quantitative estimate of drug-likeness (QED) is 0.876. The summed E-state index contributed by atoms with van der Waals surface area (Å²) in [6.45, 7) is 6.88. The van der Waals surface area contributed by atoms with Crippen LogP contribution in [0.15, 0.2) is 0 Å². The molecule has 3 nitrogen and oxygen atoms in total. The lowest BCUT2D eigenvalue weighted by molar-refractivity contribution is 0.0659. The Morgan fingerprint density at radius 2 is 1.88 bits per heavy atom. The van der Waals surface area contributed by atoms with Crippen molar-refractivity contribution in [2.75, 3.05) is 0 Å². The molecule has 0 saturated heterocycles. The summed E-state index contributed by atoms with van der Waals surface area (Å²) < 4.78 is 1.98. The van der Waals surface area contributed by atoms with Crippen LogP contribution in [0.2, 0.25) is 0 Å². The largest absolute Gasteiger partial charge is 0.391 e. The standard InChI is InChI=1S/C14H24N2O/c1-10-11(2)15-16(12(10)3)9-14(17)13-7-5-4-6-8-13/h13-14,17H,4-9H2,1-3H3. The van der Waals surface area contributed by atoms with Crippen LogP contribution in [0.5, 0.6) is 0 Å². The minimum absolute atomic E-state index is 0.229. The topological polar surface area (TPSA) is 38.0 Å². The lowest BCUT2D eigenvalue weighted by Gasteiger charge is -2.26. The van der Waals surface area contributed by atoms with Crippen molar-refractivity contribution in [1.29, 1.82) is 0 Å². The molecule has 1 aliphatic rings. The Kier molecular flexibility index (Phi) is 3.87. The predicted octanol–water partition coefficient (Wildman–Crippen LogP) is 2.75. The van der Waals surface area contributed by atoms with Crippen LogP contribution in [0.4, 0.5) is 0 Å². The van der Waals surface area contributed by atoms with Gasteiger partial charge in [-0.2, -0.15) is 5.10 Å². The van der Waals surface area contributed by atoms with Crippen LogP contribution in [0.25, 0.3) is 0 Å². The number of aryl methyl sites for hydroxylation is 1. The Hall–Kier alpha value is -0.830. The van der Waals surface area contributed by atoms with Crippen molar-refractivity contribution in [3.63, 3.8) is 0 Å². The van der Waals surface area contributed by atoms with Crippen LogP contribution in [-0.4, -0.2) is 21.0 Å². The van der Waals surface area contributed by atoms with Crippen LogP contribution in [-0.2, 0) is 6.54 Å². The van der Waals surface area contributed by atoms with Gasteiger partial charge in [-0.25, -0.2) is 0 Å². The minimum atomic E-state index is -0.229. The molecule has 1 aromatic rings. The van der Waals surface area contributed by atoms with E-state index in [4.69, 9.17) is 0 Å². The van der Waals surface area contributed by atoms with E-state index in [1.54, 1.807) is 0 Å². The molecule has 0 radical (unpaired) electrons. The van der Waals surface area contributed by atoms with E-state index in [1.807, 2.05) is 11.6 Å². The molecular weight excluding hydrogens is 212 g/mol. The van der Waals surface area contributed by atoms with Gasteiger partial charge >= 0.3 is 0 Å². The van der Waals surface area contributed by atoms with Gasteiger partial charge in [0.15, 0.2) is 0 Å². The van der Waals surface area contributed by atoms with Crippen LogP contribution < -0.4 is 0 Å². The van der Waals surface area contributed by atoms with Gasteiger partial charge in [0.05, 0.1) is 18.3 Å². The number of aromatic nitrogens is 2. The molecule has 96 valence electrons. The first-order valence-corrected chi connectivity index (χ1v) is 6.78. The lowest BCUT2D eigenvalue weighted by Crippen LogP contribution is -2.28. The smallest absolute Gasteiger partial charge is 0.0764 e. The van der Waals surface area contributed by atoms with Gasteiger partial charge < -0.3 is 5.11 Å². The monoisotopic (exact) mass is 236 g/mol. The van der Waals surface area contributed by atoms with E-state index in [-0.39, 0.29) is 6.10 Å². The zero-order valence-corrected chi connectivity index (χ0v) is 11.2. The molecule has 0 amide bonds. The zero-order chi connectivity index (χ0) is 12.4. The number of hydrogen-bond acceptors (Lipinski definition) is 2. The van der Waals surface area contributed by atoms with Gasteiger partial charge in [-0.15, -0.1) is 0 Å². The average Bonchev–Trinajstić information content (AvgIpc) is 2.58. The minimum Gasteiger partial charge on any atom is -0.391 e. The van der Waals surface area contributed by atoms with Gasteiger partial charge in [0.25, 0.3) is 0 Å². The third-order valence-electron chi connectivity index (χ3n) is 4.30. The fourth-order valence-corrected chi connectivity index (χ4v) is 2.81. The van der Waals surface area contributed by atoms with E-state index < -0.39 is 0 Å². The summed E-state index contributed by atoms with van der Waals surface area (Å²) in [7, 11) is 0. The van der Waals surface area contributed by atoms with E-state index in [9.17, 15) is 5.11 Å². The van der Waals surface area contributed by atoms with Gasteiger partial charge in [0.2, 0.25) is 0 Å². The average molecular weight is 236 g/mol. The van der Waals surface area contributed by atoms with Crippen molar-refractivity contribution in [3.8, 4) is 0 Å². The second kappa shape index (κ2) is 5.21. The lowest BCUT2D eigenvalue weighted by atomic mass is 9.85. The third-order valence-corrected chi connectivity index (χ3v) is 4.30. The molecule has 0 bridgehead atoms. The van der Waals surface area contributed by atoms with Gasteiger partial charge in [-0.1, -0.05) is 19.3 Å². The maximum absolute atomic E-state index is 10.3. The van der Waals surface area contributed by atoms with Crippen molar-refractivity contribution in [2.24, 2.45) is 5.92 Å². The van der Waals surface area contributed by atoms with Crippen LogP contribution in [0.1, 0.15) is 49.1 Å². The predicted molar refractivity (Wildman–Crippen MR) is 69.0 cm³/mol. The second-order valence-electron chi connectivity index (χ2n) is 5.44. The summed E-state index contributed by atoms with van der Waals surface area (Å²) >= 11 is 0. The molecule has 0 aliphatic heterocycles. The second-order valence-corrected chi connectivity index (χ2v) is 5.44. The van der Waals surface area contributed by atoms with E-state index in [1.165, 1.54) is 43.4 Å². The van der Waals surface area contributed by atoms with Crippen LogP contribution in [0, 0.1) is 26.7 Å². The van der Waals surface area contributed by atoms with E-state index in [2.05, 4.69) is 18.9 Å². The van der Waals surface area contributed by atoms with E-state index in [0.29, 0.717) is 12.5 Å². The molecule has 1 fully saturated rings. The van der Waals surface area contributed by atoms with Crippen molar-refractivity contribution in [1.82, 2.24) is 9.78 Å². The highest BCUT2D eigenvalue weighted by molar-refractivity contribution is 5.22. The van der Waals surface area contributed by atoms with Crippen molar-refractivity contribution >= 4 is 0 Å². The van der Waals surface area contributed by atoms with Crippen molar-refractivity contribution in [2.45, 2.75) is 65.5 Å². The number of nitrogens with zero attached hydrogens (tertiary/aromatic N) is 2. The van der Waals surface area contributed by atoms with Gasteiger partial charge in [0, 0.05) is 5.69 Å². The Morgan fingerprint density at radius 1 is 1.24 bits per heavy atom. The SMILES string of the molecule is Cc1nn(CC(O)C2CCCCC2)c(C)c1C. The normalized spacial score (nSPS) is 19.5. The molecule has 1 aliphatic carbocycles. The summed E-state index contributed by atoms with van der Waals surface area (Å²) in [6, 6.07) is 0. The highest BCUT2D eigenvalue weighted by atomic mass is 16.3. The molecule has 1 N–H and O–H groups in total. The highest BCUT2D eigenvalue weighted by Gasteiger charge is 2.23. The van der Waals surface area contributed by atoms with Gasteiger partial charge in [-0.3, -0.25) is 4.68 Å². The molecule has 1 saturated carbocycles. The summed E-state index contributed by atoms with van der Waals surface area (Å²) in [5.74, 6) is 0.480. The summed E-state index contributed by atoms with van der Waals surface area (Å²) in [6.07, 6.45) is 6.02. The Balaban J connectivity index is 2.01. The van der Waals surface area contributed by atoms with Gasteiger partial charge in [-0.05, 0) is 45.1 Å². The van der Waals surface area contributed by atoms with E-state index in [0.717, 1.165) is 5.69 Å². The molecule has 1 unspecified atom stereocenters. The summed E-state index contributed by atoms with van der Waals surface area (Å²) in [5, 5.41) is 14.8. The Morgan fingerprint density at radius 3 is 2.41 bits per heavy atom. The van der Waals surface area contributed by atoms with Gasteiger partial charge in [0.1, 0.15) is 0 Å². The number of rotatable bonds is 3. The maximum atomic E-state index is 10.3. The molecule has 1 heterocycles. The van der Waals surface area contributed by atoms with Crippen LogP contribution in [0.3, 0.4) is 0 Å². The Bertz CT molecular complexity index is 378. The first-order valence-electron chi connectivity index (χ1n) is 6.78. The summed E-state index contributed by atoms with van der Waals surface area (Å²) in [5.41, 5.74) is 3.52. The van der Waals surface area contributed by atoms with E-state index >= 15 is 0 Å². The molecule has 1 aromatic heterocycles. The van der Waals surface area contributed by atoms with Crippen molar-refractivity contribution < 1.29 is 5.11 Å². The fraction of sp³-hybridized carbons (Fsp3) is 0.786. The van der Waals surface area contributed by atoms with Crippen molar-refractivity contribution in [3.05, 3.63) is 17.0 Å². The first-order chi connectivity index (χ1) is 8.09. The fourth-order valence-electron chi connectivity index (χ4n) is 2.81. The molecule has 1 atom stereocenters. The zero-order valence-electron chi connectivity index (χ0n) is 11.2. The molecule has 0 spiro atoms. The Labute approximate surface area is 104 Å². The molecule has 0 aromatic carbocycles. The maximum Gasteiger partial charge on any atom is 0.0764 e. The molecule has 3 heteroatoms. The first kappa shape index (κ1) is 12.6. The highest BCUT2D eigenvalue weighted by Crippen LogP contribution is 2.27.